The Labute approximate surface area is 116 Å². The number of aryl methyl sites for hydroxylation is 1. The van der Waals surface area contributed by atoms with Gasteiger partial charge in [0.1, 0.15) is 11.4 Å². The number of hydrogen-bond acceptors (Lipinski definition) is 5. The molecule has 0 aliphatic carbocycles. The van der Waals surface area contributed by atoms with Crippen LogP contribution in [0.3, 0.4) is 0 Å². The molecule has 1 heterocycles. The molecule has 1 aromatic carbocycles. The summed E-state index contributed by atoms with van der Waals surface area (Å²) in [6.07, 6.45) is 0. The first-order chi connectivity index (χ1) is 9.49. The number of aromatic hydroxyl groups is 1. The lowest BCUT2D eigenvalue weighted by Crippen LogP contribution is -2.05. The highest BCUT2D eigenvalue weighted by atomic mass is 16.6. The van der Waals surface area contributed by atoms with E-state index in [-0.39, 0.29) is 11.4 Å². The van der Waals surface area contributed by atoms with Crippen LogP contribution in [0.25, 0.3) is 0 Å². The average Bonchev–Trinajstić information content (AvgIpc) is 2.41. The molecule has 0 unspecified atom stereocenters. The van der Waals surface area contributed by atoms with Crippen LogP contribution in [-0.4, -0.2) is 15.0 Å². The number of aromatic nitrogens is 1. The van der Waals surface area contributed by atoms with Gasteiger partial charge in [-0.1, -0.05) is 6.07 Å². The first kappa shape index (κ1) is 13.8. The summed E-state index contributed by atoms with van der Waals surface area (Å²) in [7, 11) is 0. The van der Waals surface area contributed by atoms with E-state index in [4.69, 9.17) is 0 Å². The lowest BCUT2D eigenvalue weighted by atomic mass is 10.1. The zero-order valence-electron chi connectivity index (χ0n) is 11.3. The van der Waals surface area contributed by atoms with Crippen LogP contribution in [0.4, 0.5) is 11.4 Å². The summed E-state index contributed by atoms with van der Waals surface area (Å²) in [5.41, 5.74) is 2.59. The molecule has 2 aromatic rings. The molecule has 0 aliphatic rings. The van der Waals surface area contributed by atoms with Gasteiger partial charge in [-0.3, -0.25) is 15.1 Å². The van der Waals surface area contributed by atoms with Crippen molar-refractivity contribution in [1.82, 2.24) is 4.98 Å². The molecule has 0 bridgehead atoms. The topological polar surface area (TPSA) is 88.3 Å². The number of anilines is 1. The van der Waals surface area contributed by atoms with Gasteiger partial charge in [0, 0.05) is 23.0 Å². The van der Waals surface area contributed by atoms with Crippen molar-refractivity contribution in [2.75, 3.05) is 5.32 Å². The summed E-state index contributed by atoms with van der Waals surface area (Å²) in [6.45, 7) is 3.82. The number of benzene rings is 1. The van der Waals surface area contributed by atoms with Crippen molar-refractivity contribution in [2.24, 2.45) is 0 Å². The first-order valence-electron chi connectivity index (χ1n) is 6.12. The summed E-state index contributed by atoms with van der Waals surface area (Å²) in [5.74, 6) is 0.103. The Morgan fingerprint density at radius 2 is 2.05 bits per heavy atom. The van der Waals surface area contributed by atoms with Gasteiger partial charge in [0.2, 0.25) is 0 Å². The minimum absolute atomic E-state index is 0.0661. The fourth-order valence-corrected chi connectivity index (χ4v) is 1.92. The van der Waals surface area contributed by atoms with Crippen molar-refractivity contribution in [1.29, 1.82) is 0 Å². The summed E-state index contributed by atoms with van der Waals surface area (Å²) >= 11 is 0. The van der Waals surface area contributed by atoms with Crippen LogP contribution < -0.4 is 5.32 Å². The Kier molecular flexibility index (Phi) is 3.84. The molecule has 0 radical (unpaired) electrons. The normalized spacial score (nSPS) is 10.3. The van der Waals surface area contributed by atoms with E-state index in [1.54, 1.807) is 31.2 Å². The Hall–Kier alpha value is -2.63. The van der Waals surface area contributed by atoms with E-state index in [1.807, 2.05) is 6.92 Å². The molecule has 0 fully saturated rings. The third-order valence-electron chi connectivity index (χ3n) is 3.04. The molecule has 6 heteroatoms. The lowest BCUT2D eigenvalue weighted by Gasteiger charge is -2.10. The highest BCUT2D eigenvalue weighted by Gasteiger charge is 2.13. The number of pyridine rings is 1. The van der Waals surface area contributed by atoms with Crippen LogP contribution in [0.5, 0.6) is 5.75 Å². The predicted octanol–water partition coefficient (Wildman–Crippen LogP) is 2.92. The fourth-order valence-electron chi connectivity index (χ4n) is 1.92. The molecule has 2 rings (SSSR count). The molecule has 0 spiro atoms. The van der Waals surface area contributed by atoms with E-state index in [2.05, 4.69) is 10.3 Å². The van der Waals surface area contributed by atoms with Crippen LogP contribution in [-0.2, 0) is 6.54 Å². The summed E-state index contributed by atoms with van der Waals surface area (Å²) in [6, 6.07) is 8.15. The molecule has 6 nitrogen and oxygen atoms in total. The van der Waals surface area contributed by atoms with E-state index >= 15 is 0 Å². The number of nitro benzene ring substituents is 1. The number of rotatable bonds is 4. The highest BCUT2D eigenvalue weighted by molar-refractivity contribution is 5.59. The molecular weight excluding hydrogens is 258 g/mol. The molecule has 1 aromatic heterocycles. The zero-order valence-corrected chi connectivity index (χ0v) is 11.3. The quantitative estimate of drug-likeness (QED) is 0.660. The van der Waals surface area contributed by atoms with Crippen molar-refractivity contribution >= 4 is 11.4 Å². The second-order valence-electron chi connectivity index (χ2n) is 4.48. The monoisotopic (exact) mass is 273 g/mol. The van der Waals surface area contributed by atoms with Gasteiger partial charge in [-0.15, -0.1) is 0 Å². The molecule has 0 aliphatic heterocycles. The SMILES string of the molecule is Cc1ccc(O)c(CNc2cccc([N+](=O)[O-])c2C)n1. The van der Waals surface area contributed by atoms with Gasteiger partial charge in [0.05, 0.1) is 11.5 Å². The lowest BCUT2D eigenvalue weighted by molar-refractivity contribution is -0.385. The van der Waals surface area contributed by atoms with Crippen molar-refractivity contribution in [3.05, 3.63) is 57.4 Å². The van der Waals surface area contributed by atoms with Crippen molar-refractivity contribution in [2.45, 2.75) is 20.4 Å². The van der Waals surface area contributed by atoms with Gasteiger partial charge in [0.15, 0.2) is 0 Å². The van der Waals surface area contributed by atoms with Crippen LogP contribution in [0.1, 0.15) is 17.0 Å². The minimum atomic E-state index is -0.414. The summed E-state index contributed by atoms with van der Waals surface area (Å²) in [4.78, 5) is 14.7. The van der Waals surface area contributed by atoms with Gasteiger partial charge in [-0.05, 0) is 32.0 Å². The molecule has 0 saturated carbocycles. The third kappa shape index (κ3) is 2.85. The molecule has 0 amide bonds. The van der Waals surface area contributed by atoms with E-state index in [1.165, 1.54) is 6.07 Å². The van der Waals surface area contributed by atoms with Crippen LogP contribution in [0, 0.1) is 24.0 Å². The number of nitrogens with zero attached hydrogens (tertiary/aromatic N) is 2. The Morgan fingerprint density at radius 3 is 2.75 bits per heavy atom. The van der Waals surface area contributed by atoms with Gasteiger partial charge in [-0.2, -0.15) is 0 Å². The van der Waals surface area contributed by atoms with Gasteiger partial charge < -0.3 is 10.4 Å². The van der Waals surface area contributed by atoms with Gasteiger partial charge >= 0.3 is 0 Å². The van der Waals surface area contributed by atoms with Gasteiger partial charge in [0.25, 0.3) is 5.69 Å². The van der Waals surface area contributed by atoms with E-state index in [0.29, 0.717) is 23.5 Å². The summed E-state index contributed by atoms with van der Waals surface area (Å²) in [5, 5.41) is 23.7. The predicted molar refractivity (Wildman–Crippen MR) is 75.8 cm³/mol. The number of hydrogen-bond donors (Lipinski definition) is 2. The standard InChI is InChI=1S/C14H15N3O3/c1-9-6-7-14(18)12(16-9)8-15-11-4-3-5-13(10(11)2)17(19)20/h3-7,15,18H,8H2,1-2H3. The second-order valence-corrected chi connectivity index (χ2v) is 4.48. The molecule has 20 heavy (non-hydrogen) atoms. The summed E-state index contributed by atoms with van der Waals surface area (Å²) < 4.78 is 0. The highest BCUT2D eigenvalue weighted by Crippen LogP contribution is 2.26. The Morgan fingerprint density at radius 1 is 1.30 bits per heavy atom. The smallest absolute Gasteiger partial charge is 0.274 e. The van der Waals surface area contributed by atoms with Crippen LogP contribution in [0.2, 0.25) is 0 Å². The second kappa shape index (κ2) is 5.56. The fraction of sp³-hybridized carbons (Fsp3) is 0.214. The molecular formula is C14H15N3O3. The molecule has 0 saturated heterocycles. The van der Waals surface area contributed by atoms with E-state index in [0.717, 1.165) is 5.69 Å². The minimum Gasteiger partial charge on any atom is -0.506 e. The molecule has 0 atom stereocenters. The third-order valence-corrected chi connectivity index (χ3v) is 3.04. The maximum Gasteiger partial charge on any atom is 0.274 e. The average molecular weight is 273 g/mol. The molecule has 104 valence electrons. The Bertz CT molecular complexity index is 656. The maximum atomic E-state index is 10.9. The first-order valence-corrected chi connectivity index (χ1v) is 6.12. The number of nitro groups is 1. The van der Waals surface area contributed by atoms with Crippen molar-refractivity contribution in [3.63, 3.8) is 0 Å². The van der Waals surface area contributed by atoms with Crippen molar-refractivity contribution < 1.29 is 10.0 Å². The largest absolute Gasteiger partial charge is 0.506 e. The van der Waals surface area contributed by atoms with Crippen molar-refractivity contribution in [3.8, 4) is 5.75 Å². The zero-order chi connectivity index (χ0) is 14.7. The van der Waals surface area contributed by atoms with E-state index < -0.39 is 4.92 Å². The maximum absolute atomic E-state index is 10.9. The number of nitrogens with one attached hydrogen (secondary N) is 1. The van der Waals surface area contributed by atoms with Gasteiger partial charge in [-0.25, -0.2) is 0 Å². The van der Waals surface area contributed by atoms with E-state index in [9.17, 15) is 15.2 Å². The molecule has 2 N–H and O–H groups in total. The van der Waals surface area contributed by atoms with Crippen LogP contribution >= 0.6 is 0 Å². The Balaban J connectivity index is 2.21. The van der Waals surface area contributed by atoms with Crippen LogP contribution in [0.15, 0.2) is 30.3 Å².